The Balaban J connectivity index is 2.29. The molecule has 0 aliphatic rings. The molecule has 0 saturated carbocycles. The van der Waals surface area contributed by atoms with Crippen LogP contribution < -0.4 is 9.47 Å². The maximum atomic E-state index is 11.4. The number of hydrogen-bond donors (Lipinski definition) is 2. The van der Waals surface area contributed by atoms with Crippen molar-refractivity contribution in [2.75, 3.05) is 26.4 Å². The molecular weight excluding hydrogens is 360 g/mol. The van der Waals surface area contributed by atoms with Gasteiger partial charge in [-0.25, -0.2) is 38.7 Å². The third-order valence-electron chi connectivity index (χ3n) is 2.17. The Bertz CT molecular complexity index is 568. The van der Waals surface area contributed by atoms with E-state index in [2.05, 4.69) is 19.6 Å². The second-order valence-corrected chi connectivity index (χ2v) is 4.26. The van der Waals surface area contributed by atoms with Crippen LogP contribution >= 0.6 is 0 Å². The van der Waals surface area contributed by atoms with Crippen molar-refractivity contribution in [1.29, 1.82) is 0 Å². The smallest absolute Gasteiger partial charge is 0.340 e. The molecule has 0 radical (unpaired) electrons. The van der Waals surface area contributed by atoms with Crippen LogP contribution in [0.5, 0.6) is 11.5 Å². The van der Waals surface area contributed by atoms with Gasteiger partial charge in [-0.1, -0.05) is 0 Å². The summed E-state index contributed by atoms with van der Waals surface area (Å²) in [6.07, 6.45) is 0. The minimum atomic E-state index is -1.26. The Hall–Kier alpha value is -3.06. The quantitative estimate of drug-likeness (QED) is 0.160. The molecule has 12 nitrogen and oxygen atoms in total. The highest BCUT2D eigenvalue weighted by atomic mass is 17.2. The van der Waals surface area contributed by atoms with E-state index in [-0.39, 0.29) is 11.5 Å². The SMILES string of the molecule is O=C(O)COOCC(=O)Oc1ccc(OC(=O)COOCC(=O)O)cc1. The van der Waals surface area contributed by atoms with Crippen molar-refractivity contribution in [3.63, 3.8) is 0 Å². The van der Waals surface area contributed by atoms with E-state index >= 15 is 0 Å². The zero-order valence-corrected chi connectivity index (χ0v) is 13.1. The molecule has 0 unspecified atom stereocenters. The zero-order valence-electron chi connectivity index (χ0n) is 13.1. The molecule has 0 saturated heterocycles. The fourth-order valence-electron chi connectivity index (χ4n) is 1.26. The first kappa shape index (κ1) is 21.0. The largest absolute Gasteiger partial charge is 0.479 e. The number of rotatable bonds is 12. The average molecular weight is 374 g/mol. The van der Waals surface area contributed by atoms with Gasteiger partial charge in [-0.05, 0) is 24.3 Å². The lowest BCUT2D eigenvalue weighted by molar-refractivity contribution is -0.289. The van der Waals surface area contributed by atoms with Crippen molar-refractivity contribution in [3.8, 4) is 11.5 Å². The van der Waals surface area contributed by atoms with Crippen molar-refractivity contribution >= 4 is 23.9 Å². The first-order chi connectivity index (χ1) is 12.4. The fraction of sp³-hybridized carbons (Fsp3) is 0.286. The number of carbonyl (C=O) groups is 4. The number of aliphatic carboxylic acids is 2. The number of esters is 2. The molecular formula is C14H14O12. The van der Waals surface area contributed by atoms with Crippen LogP contribution in [0.15, 0.2) is 24.3 Å². The summed E-state index contributed by atoms with van der Waals surface area (Å²) in [6, 6.07) is 5.28. The van der Waals surface area contributed by atoms with Gasteiger partial charge in [-0.3, -0.25) is 0 Å². The maximum Gasteiger partial charge on any atom is 0.340 e. The van der Waals surface area contributed by atoms with E-state index in [4.69, 9.17) is 19.7 Å². The fourth-order valence-corrected chi connectivity index (χ4v) is 1.26. The molecule has 0 aliphatic carbocycles. The molecule has 0 fully saturated rings. The van der Waals surface area contributed by atoms with E-state index in [1.165, 1.54) is 24.3 Å². The van der Waals surface area contributed by atoms with Crippen molar-refractivity contribution in [2.45, 2.75) is 0 Å². The molecule has 142 valence electrons. The summed E-state index contributed by atoms with van der Waals surface area (Å²) in [6.45, 7) is -2.70. The summed E-state index contributed by atoms with van der Waals surface area (Å²) < 4.78 is 9.70. The van der Waals surface area contributed by atoms with Gasteiger partial charge in [0.2, 0.25) is 0 Å². The van der Waals surface area contributed by atoms with Gasteiger partial charge in [0, 0.05) is 0 Å². The lowest BCUT2D eigenvalue weighted by Gasteiger charge is -2.07. The molecule has 26 heavy (non-hydrogen) atoms. The monoisotopic (exact) mass is 374 g/mol. The molecule has 1 aromatic rings. The van der Waals surface area contributed by atoms with Gasteiger partial charge < -0.3 is 19.7 Å². The van der Waals surface area contributed by atoms with Crippen molar-refractivity contribution < 1.29 is 58.4 Å². The third kappa shape index (κ3) is 9.94. The normalized spacial score (nSPS) is 10.2. The standard InChI is InChI=1S/C14H14O12/c15-11(16)5-21-23-7-13(19)25-9-1-2-10(4-3-9)26-14(20)8-24-22-6-12(17)18/h1-4H,5-8H2,(H,15,16)(H,17,18). The van der Waals surface area contributed by atoms with Crippen LogP contribution in [0.1, 0.15) is 0 Å². The number of hydrogen-bond acceptors (Lipinski definition) is 10. The number of ether oxygens (including phenoxy) is 2. The van der Waals surface area contributed by atoms with Crippen LogP contribution in [-0.4, -0.2) is 60.5 Å². The van der Waals surface area contributed by atoms with Crippen molar-refractivity contribution in [2.24, 2.45) is 0 Å². The summed E-state index contributed by atoms with van der Waals surface area (Å²) in [7, 11) is 0. The molecule has 1 aromatic carbocycles. The number of benzene rings is 1. The minimum absolute atomic E-state index is 0.109. The van der Waals surface area contributed by atoms with Crippen LogP contribution in [0, 0.1) is 0 Å². The maximum absolute atomic E-state index is 11.4. The van der Waals surface area contributed by atoms with Gasteiger partial charge in [-0.15, -0.1) is 0 Å². The zero-order chi connectivity index (χ0) is 19.4. The average Bonchev–Trinajstić information content (AvgIpc) is 2.57. The topological polar surface area (TPSA) is 164 Å². The Morgan fingerprint density at radius 3 is 1.23 bits per heavy atom. The van der Waals surface area contributed by atoms with Crippen LogP contribution in [0.25, 0.3) is 0 Å². The van der Waals surface area contributed by atoms with E-state index in [0.717, 1.165) is 0 Å². The molecule has 0 spiro atoms. The minimum Gasteiger partial charge on any atom is -0.479 e. The Morgan fingerprint density at radius 2 is 0.923 bits per heavy atom. The predicted octanol–water partition coefficient (Wildman–Crippen LogP) is -0.437. The van der Waals surface area contributed by atoms with Gasteiger partial charge >= 0.3 is 23.9 Å². The Morgan fingerprint density at radius 1 is 0.615 bits per heavy atom. The van der Waals surface area contributed by atoms with Crippen LogP contribution in [0.2, 0.25) is 0 Å². The second-order valence-electron chi connectivity index (χ2n) is 4.26. The van der Waals surface area contributed by atoms with Crippen molar-refractivity contribution in [1.82, 2.24) is 0 Å². The van der Waals surface area contributed by atoms with Gasteiger partial charge in [0.15, 0.2) is 26.4 Å². The molecule has 0 heterocycles. The highest BCUT2D eigenvalue weighted by Gasteiger charge is 2.09. The van der Waals surface area contributed by atoms with Gasteiger partial charge in [0.1, 0.15) is 11.5 Å². The highest BCUT2D eigenvalue weighted by molar-refractivity contribution is 5.74. The van der Waals surface area contributed by atoms with E-state index in [1.807, 2.05) is 0 Å². The van der Waals surface area contributed by atoms with E-state index in [0.29, 0.717) is 0 Å². The summed E-state index contributed by atoms with van der Waals surface area (Å²) in [5, 5.41) is 16.6. The highest BCUT2D eigenvalue weighted by Crippen LogP contribution is 2.18. The molecule has 12 heteroatoms. The van der Waals surface area contributed by atoms with Gasteiger partial charge in [0.05, 0.1) is 0 Å². The van der Waals surface area contributed by atoms with Crippen LogP contribution in [0.3, 0.4) is 0 Å². The van der Waals surface area contributed by atoms with E-state index in [1.54, 1.807) is 0 Å². The van der Waals surface area contributed by atoms with Gasteiger partial charge in [-0.2, -0.15) is 0 Å². The van der Waals surface area contributed by atoms with Crippen LogP contribution in [-0.2, 0) is 38.7 Å². The van der Waals surface area contributed by atoms with Gasteiger partial charge in [0.25, 0.3) is 0 Å². The molecule has 2 N–H and O–H groups in total. The predicted molar refractivity (Wildman–Crippen MR) is 76.8 cm³/mol. The van der Waals surface area contributed by atoms with E-state index in [9.17, 15) is 19.2 Å². The first-order valence-electron chi connectivity index (χ1n) is 6.80. The summed E-state index contributed by atoms with van der Waals surface area (Å²) in [5.41, 5.74) is 0. The molecule has 0 atom stereocenters. The summed E-state index contributed by atoms with van der Waals surface area (Å²) in [4.78, 5) is 60.1. The van der Waals surface area contributed by atoms with Crippen molar-refractivity contribution in [3.05, 3.63) is 24.3 Å². The third-order valence-corrected chi connectivity index (χ3v) is 2.17. The van der Waals surface area contributed by atoms with Crippen LogP contribution in [0.4, 0.5) is 0 Å². The lowest BCUT2D eigenvalue weighted by Crippen LogP contribution is -2.18. The first-order valence-corrected chi connectivity index (χ1v) is 6.80. The number of carboxylic acids is 2. The molecule has 0 aliphatic heterocycles. The Labute approximate surface area is 145 Å². The molecule has 0 amide bonds. The molecule has 0 bridgehead atoms. The second kappa shape index (κ2) is 11.5. The Kier molecular flexibility index (Phi) is 9.27. The summed E-state index contributed by atoms with van der Waals surface area (Å²) >= 11 is 0. The summed E-state index contributed by atoms with van der Waals surface area (Å²) in [5.74, 6) is -3.99. The number of carbonyl (C=O) groups excluding carboxylic acids is 2. The number of carboxylic acid groups (broad SMARTS) is 2. The molecule has 1 rings (SSSR count). The van der Waals surface area contributed by atoms with E-state index < -0.39 is 50.3 Å². The lowest BCUT2D eigenvalue weighted by atomic mass is 10.3. The molecule has 0 aromatic heterocycles.